The highest BCUT2D eigenvalue weighted by Crippen LogP contribution is 2.32. The smallest absolute Gasteiger partial charge is 0.245 e. The lowest BCUT2D eigenvalue weighted by molar-refractivity contribution is 0.291. The van der Waals surface area contributed by atoms with E-state index in [1.165, 1.54) is 12.7 Å². The van der Waals surface area contributed by atoms with Gasteiger partial charge in [0.05, 0.1) is 23.2 Å². The van der Waals surface area contributed by atoms with Crippen LogP contribution < -0.4 is 20.5 Å². The van der Waals surface area contributed by atoms with Gasteiger partial charge in [-0.15, -0.1) is 0 Å². The molecule has 3 aromatic heterocycles. The van der Waals surface area contributed by atoms with Gasteiger partial charge >= 0.3 is 0 Å². The van der Waals surface area contributed by atoms with Gasteiger partial charge in [0.1, 0.15) is 18.5 Å². The monoisotopic (exact) mass is 510 g/mol. The lowest BCUT2D eigenvalue weighted by Crippen LogP contribution is -2.21. The summed E-state index contributed by atoms with van der Waals surface area (Å²) in [6.07, 6.45) is 15.4. The fourth-order valence-corrected chi connectivity index (χ4v) is 4.15. The molecule has 2 fully saturated rings. The van der Waals surface area contributed by atoms with Crippen LogP contribution in [0.1, 0.15) is 32.6 Å². The molecule has 3 aliphatic carbocycles. The van der Waals surface area contributed by atoms with Crippen LogP contribution in [-0.4, -0.2) is 51.4 Å². The summed E-state index contributed by atoms with van der Waals surface area (Å²) in [6, 6.07) is 7.78. The first-order valence-corrected chi connectivity index (χ1v) is 13.0. The average molecular weight is 511 g/mol. The first-order valence-electron chi connectivity index (χ1n) is 13.0. The van der Waals surface area contributed by atoms with Crippen molar-refractivity contribution in [1.29, 1.82) is 0 Å². The third-order valence-corrected chi connectivity index (χ3v) is 6.64. The van der Waals surface area contributed by atoms with Crippen LogP contribution in [0.4, 0.5) is 5.95 Å². The van der Waals surface area contributed by atoms with Gasteiger partial charge in [0.2, 0.25) is 17.7 Å². The van der Waals surface area contributed by atoms with Crippen LogP contribution in [0.25, 0.3) is 22.3 Å². The van der Waals surface area contributed by atoms with E-state index in [9.17, 15) is 0 Å². The highest BCUT2D eigenvalue weighted by atomic mass is 16.5. The van der Waals surface area contributed by atoms with E-state index in [1.54, 1.807) is 6.20 Å². The van der Waals surface area contributed by atoms with Gasteiger partial charge in [-0.2, -0.15) is 4.98 Å². The summed E-state index contributed by atoms with van der Waals surface area (Å²) < 4.78 is 11.9. The molecule has 3 N–H and O–H groups in total. The number of ether oxygens (including phenoxy) is 2. The number of hydrogen-bond acceptors (Lipinski definition) is 8. The quantitative estimate of drug-likeness (QED) is 0.305. The maximum Gasteiger partial charge on any atom is 0.245 e. The molecule has 2 saturated carbocycles. The van der Waals surface area contributed by atoms with Crippen LogP contribution in [0.15, 0.2) is 64.4 Å². The number of rotatable bonds is 10. The molecule has 3 aromatic rings. The molecule has 0 aromatic carbocycles. The highest BCUT2D eigenvalue weighted by molar-refractivity contribution is 5.83. The van der Waals surface area contributed by atoms with Crippen molar-refractivity contribution in [1.82, 2.24) is 19.9 Å². The molecule has 6 rings (SSSR count). The molecular formula is C28H30N8O2. The summed E-state index contributed by atoms with van der Waals surface area (Å²) in [5, 5.41) is 3.40. The number of fused-ring (bicyclic) bond motifs is 1. The SMILES string of the molecule is CC1C=C(N=CN=CN)C=CC1CNc1nc(OC2CC2)c2nc(-c3ccc(OC4CC4)nc3)ccc2n1. The number of pyridine rings is 2. The summed E-state index contributed by atoms with van der Waals surface area (Å²) in [4.78, 5) is 26.9. The van der Waals surface area contributed by atoms with Crippen molar-refractivity contribution in [2.75, 3.05) is 11.9 Å². The van der Waals surface area contributed by atoms with E-state index in [-0.39, 0.29) is 17.9 Å². The molecule has 10 nitrogen and oxygen atoms in total. The van der Waals surface area contributed by atoms with Gasteiger partial charge in [0.15, 0.2) is 5.52 Å². The van der Waals surface area contributed by atoms with Crippen molar-refractivity contribution in [3.8, 4) is 23.0 Å². The lowest BCUT2D eigenvalue weighted by Gasteiger charge is -2.22. The van der Waals surface area contributed by atoms with Gasteiger partial charge in [-0.1, -0.05) is 19.1 Å². The van der Waals surface area contributed by atoms with Crippen molar-refractivity contribution in [3.63, 3.8) is 0 Å². The molecular weight excluding hydrogens is 480 g/mol. The largest absolute Gasteiger partial charge is 0.474 e. The minimum absolute atomic E-state index is 0.181. The Bertz CT molecular complexity index is 1420. The highest BCUT2D eigenvalue weighted by Gasteiger charge is 2.27. The zero-order valence-corrected chi connectivity index (χ0v) is 21.2. The van der Waals surface area contributed by atoms with Crippen LogP contribution in [0.3, 0.4) is 0 Å². The third-order valence-electron chi connectivity index (χ3n) is 6.64. The van der Waals surface area contributed by atoms with Gasteiger partial charge in [-0.3, -0.25) is 0 Å². The maximum absolute atomic E-state index is 6.16. The molecule has 0 bridgehead atoms. The molecule has 3 aliphatic rings. The van der Waals surface area contributed by atoms with Crippen LogP contribution in [0.5, 0.6) is 11.8 Å². The van der Waals surface area contributed by atoms with Crippen molar-refractivity contribution in [2.24, 2.45) is 27.6 Å². The second-order valence-corrected chi connectivity index (χ2v) is 9.83. The molecule has 0 aliphatic heterocycles. The number of allylic oxidation sites excluding steroid dienone is 2. The molecule has 38 heavy (non-hydrogen) atoms. The van der Waals surface area contributed by atoms with Crippen molar-refractivity contribution in [2.45, 2.75) is 44.8 Å². The minimum Gasteiger partial charge on any atom is -0.474 e. The Balaban J connectivity index is 1.19. The molecule has 0 amide bonds. The topological polar surface area (TPSA) is 133 Å². The number of nitrogens with zero attached hydrogens (tertiary/aromatic N) is 6. The lowest BCUT2D eigenvalue weighted by atomic mass is 9.89. The van der Waals surface area contributed by atoms with Gasteiger partial charge in [0.25, 0.3) is 0 Å². The summed E-state index contributed by atoms with van der Waals surface area (Å²) in [7, 11) is 0. The first-order chi connectivity index (χ1) is 18.6. The molecule has 0 spiro atoms. The van der Waals surface area contributed by atoms with Gasteiger partial charge in [-0.25, -0.2) is 24.9 Å². The standard InChI is InChI=1S/C28H30N8O2/c1-17-12-20(33-16-30-15-29)4-2-18(17)13-32-28-35-24-10-9-23(34-26(24)27(36-28)38-22-7-8-22)19-3-11-25(31-14-19)37-21-5-6-21/h2-4,9-12,14-18,21-22H,5-8,13H2,1H3,(H2,29,30,33)(H,32,35,36). The summed E-state index contributed by atoms with van der Waals surface area (Å²) >= 11 is 0. The summed E-state index contributed by atoms with van der Waals surface area (Å²) in [5.41, 5.74) is 9.19. The fraction of sp³-hybridized carbons (Fsp3) is 0.357. The van der Waals surface area contributed by atoms with E-state index in [1.807, 2.05) is 30.3 Å². The molecule has 0 saturated heterocycles. The predicted molar refractivity (Wildman–Crippen MR) is 147 cm³/mol. The molecule has 2 atom stereocenters. The second-order valence-electron chi connectivity index (χ2n) is 9.83. The fourth-order valence-electron chi connectivity index (χ4n) is 4.15. The Hall–Kier alpha value is -4.34. The number of hydrogen-bond donors (Lipinski definition) is 2. The van der Waals surface area contributed by atoms with Crippen LogP contribution in [0.2, 0.25) is 0 Å². The molecule has 194 valence electrons. The summed E-state index contributed by atoms with van der Waals surface area (Å²) in [6.45, 7) is 2.83. The van der Waals surface area contributed by atoms with E-state index in [0.29, 0.717) is 35.9 Å². The van der Waals surface area contributed by atoms with E-state index in [2.05, 4.69) is 39.4 Å². The van der Waals surface area contributed by atoms with Crippen molar-refractivity contribution >= 4 is 29.7 Å². The number of aromatic nitrogens is 4. The molecule has 10 heteroatoms. The van der Waals surface area contributed by atoms with Gasteiger partial charge in [-0.05, 0) is 55.9 Å². The van der Waals surface area contributed by atoms with Crippen molar-refractivity contribution < 1.29 is 9.47 Å². The maximum atomic E-state index is 6.16. The Morgan fingerprint density at radius 3 is 2.63 bits per heavy atom. The normalized spacial score (nSPS) is 21.2. The van der Waals surface area contributed by atoms with Crippen LogP contribution in [-0.2, 0) is 0 Å². The Morgan fingerprint density at radius 1 is 1.05 bits per heavy atom. The zero-order valence-electron chi connectivity index (χ0n) is 21.2. The van der Waals surface area contributed by atoms with E-state index in [4.69, 9.17) is 30.2 Å². The molecule has 0 radical (unpaired) electrons. The first kappa shape index (κ1) is 24.0. The number of nitrogens with two attached hydrogens (primary N) is 1. The van der Waals surface area contributed by atoms with Crippen LogP contribution >= 0.6 is 0 Å². The van der Waals surface area contributed by atoms with E-state index >= 15 is 0 Å². The minimum atomic E-state index is 0.181. The van der Waals surface area contributed by atoms with E-state index in [0.717, 1.165) is 48.2 Å². The molecule has 3 heterocycles. The third kappa shape index (κ3) is 5.80. The number of anilines is 1. The molecule has 2 unspecified atom stereocenters. The van der Waals surface area contributed by atoms with Crippen LogP contribution in [0, 0.1) is 11.8 Å². The van der Waals surface area contributed by atoms with Gasteiger partial charge < -0.3 is 20.5 Å². The zero-order chi connectivity index (χ0) is 25.9. The predicted octanol–water partition coefficient (Wildman–Crippen LogP) is 4.30. The average Bonchev–Trinajstić information content (AvgIpc) is 3.86. The summed E-state index contributed by atoms with van der Waals surface area (Å²) in [5.74, 6) is 2.22. The number of aliphatic imine (C=N–C) groups is 2. The van der Waals surface area contributed by atoms with Gasteiger partial charge in [0, 0.05) is 30.3 Å². The Kier molecular flexibility index (Phi) is 6.68. The Morgan fingerprint density at radius 2 is 1.89 bits per heavy atom. The van der Waals surface area contributed by atoms with Crippen molar-refractivity contribution in [3.05, 3.63) is 54.4 Å². The second kappa shape index (κ2) is 10.6. The Labute approximate surface area is 220 Å². The number of nitrogens with one attached hydrogen (secondary N) is 1. The van der Waals surface area contributed by atoms with E-state index < -0.39 is 0 Å².